The summed E-state index contributed by atoms with van der Waals surface area (Å²) in [5.41, 5.74) is 1.62. The molecule has 0 radical (unpaired) electrons. The summed E-state index contributed by atoms with van der Waals surface area (Å²) in [5.74, 6) is -0.484. The van der Waals surface area contributed by atoms with E-state index in [1.54, 1.807) is 19.9 Å². The third-order valence-electron chi connectivity index (χ3n) is 1.85. The summed E-state index contributed by atoms with van der Waals surface area (Å²) in [5, 5.41) is 11.1. The number of ether oxygens (including phenoxy) is 1. The lowest BCUT2D eigenvalue weighted by Gasteiger charge is -2.05. The lowest BCUT2D eigenvalue weighted by Crippen LogP contribution is -2.31. The van der Waals surface area contributed by atoms with Crippen LogP contribution in [0.3, 0.4) is 0 Å². The molecule has 4 nitrogen and oxygen atoms in total. The Balaban J connectivity index is 3.23. The maximum atomic E-state index is 11.1. The molecule has 0 saturated heterocycles. The summed E-state index contributed by atoms with van der Waals surface area (Å²) >= 11 is 0. The van der Waals surface area contributed by atoms with Gasteiger partial charge in [0.1, 0.15) is 5.56 Å². The standard InChI is InChI=1S/C9H11NO3/c1-6-4-7(2)10(12)5-8(6)9(11)13-3/h4-5H,1-3H3. The second-order valence-corrected chi connectivity index (χ2v) is 2.83. The van der Waals surface area contributed by atoms with Crippen LogP contribution in [0, 0.1) is 19.1 Å². The first-order valence-corrected chi connectivity index (χ1v) is 3.85. The highest BCUT2D eigenvalue weighted by atomic mass is 16.5. The summed E-state index contributed by atoms with van der Waals surface area (Å²) in [6.07, 6.45) is 1.23. The molecule has 1 aromatic heterocycles. The van der Waals surface area contributed by atoms with Gasteiger partial charge in [0.05, 0.1) is 7.11 Å². The van der Waals surface area contributed by atoms with Gasteiger partial charge in [-0.3, -0.25) is 0 Å². The number of carbonyl (C=O) groups is 1. The van der Waals surface area contributed by atoms with E-state index < -0.39 is 5.97 Å². The average Bonchev–Trinajstić information content (AvgIpc) is 2.10. The summed E-state index contributed by atoms with van der Waals surface area (Å²) < 4.78 is 5.17. The first-order valence-electron chi connectivity index (χ1n) is 3.85. The fourth-order valence-electron chi connectivity index (χ4n) is 1.10. The van der Waals surface area contributed by atoms with E-state index in [1.165, 1.54) is 13.3 Å². The van der Waals surface area contributed by atoms with Crippen molar-refractivity contribution >= 4 is 5.97 Å². The number of hydrogen-bond acceptors (Lipinski definition) is 3. The molecule has 0 aromatic carbocycles. The molecule has 0 saturated carbocycles. The third kappa shape index (κ3) is 1.77. The lowest BCUT2D eigenvalue weighted by molar-refractivity contribution is -0.612. The van der Waals surface area contributed by atoms with Crippen LogP contribution in [-0.2, 0) is 4.74 Å². The van der Waals surface area contributed by atoms with Crippen LogP contribution in [0.15, 0.2) is 12.3 Å². The van der Waals surface area contributed by atoms with Gasteiger partial charge >= 0.3 is 5.97 Å². The van der Waals surface area contributed by atoms with E-state index in [9.17, 15) is 10.0 Å². The van der Waals surface area contributed by atoms with Crippen molar-refractivity contribution in [2.45, 2.75) is 13.8 Å². The molecule has 0 fully saturated rings. The minimum Gasteiger partial charge on any atom is -0.618 e. The Morgan fingerprint density at radius 2 is 2.15 bits per heavy atom. The number of aryl methyl sites for hydroxylation is 2. The number of pyridine rings is 1. The molecule has 1 rings (SSSR count). The quantitative estimate of drug-likeness (QED) is 0.364. The molecule has 1 heterocycles. The second-order valence-electron chi connectivity index (χ2n) is 2.83. The van der Waals surface area contributed by atoms with E-state index in [0.29, 0.717) is 16.0 Å². The van der Waals surface area contributed by atoms with Crippen LogP contribution in [0.1, 0.15) is 21.6 Å². The van der Waals surface area contributed by atoms with Gasteiger partial charge in [0.25, 0.3) is 0 Å². The number of aromatic nitrogens is 1. The Labute approximate surface area is 76.3 Å². The van der Waals surface area contributed by atoms with Gasteiger partial charge in [-0.2, -0.15) is 4.73 Å². The molecule has 13 heavy (non-hydrogen) atoms. The van der Waals surface area contributed by atoms with Crippen LogP contribution in [0.5, 0.6) is 0 Å². The Morgan fingerprint density at radius 3 is 2.69 bits per heavy atom. The summed E-state index contributed by atoms with van der Waals surface area (Å²) in [6, 6.07) is 1.65. The molecule has 0 unspecified atom stereocenters. The molecule has 4 heteroatoms. The largest absolute Gasteiger partial charge is 0.618 e. The lowest BCUT2D eigenvalue weighted by atomic mass is 10.1. The van der Waals surface area contributed by atoms with Crippen molar-refractivity contribution in [2.75, 3.05) is 7.11 Å². The molecule has 0 bridgehead atoms. The van der Waals surface area contributed by atoms with Crippen LogP contribution in [0.4, 0.5) is 0 Å². The fraction of sp³-hybridized carbons (Fsp3) is 0.333. The van der Waals surface area contributed by atoms with E-state index >= 15 is 0 Å². The topological polar surface area (TPSA) is 53.2 Å². The molecular weight excluding hydrogens is 170 g/mol. The molecule has 0 aliphatic heterocycles. The van der Waals surface area contributed by atoms with E-state index in [4.69, 9.17) is 0 Å². The van der Waals surface area contributed by atoms with Gasteiger partial charge < -0.3 is 9.94 Å². The summed E-state index contributed by atoms with van der Waals surface area (Å²) in [7, 11) is 1.29. The first-order chi connectivity index (χ1) is 6.06. The number of carbonyl (C=O) groups excluding carboxylic acids is 1. The molecular formula is C9H11NO3. The number of nitrogens with zero attached hydrogens (tertiary/aromatic N) is 1. The van der Waals surface area contributed by atoms with Crippen molar-refractivity contribution in [2.24, 2.45) is 0 Å². The maximum absolute atomic E-state index is 11.1. The molecule has 0 aliphatic rings. The van der Waals surface area contributed by atoms with Crippen molar-refractivity contribution < 1.29 is 14.3 Å². The van der Waals surface area contributed by atoms with Crippen molar-refractivity contribution in [1.29, 1.82) is 0 Å². The normalized spacial score (nSPS) is 9.77. The highest BCUT2D eigenvalue weighted by Crippen LogP contribution is 2.07. The third-order valence-corrected chi connectivity index (χ3v) is 1.85. The zero-order valence-electron chi connectivity index (χ0n) is 7.83. The molecule has 0 atom stereocenters. The van der Waals surface area contributed by atoms with Gasteiger partial charge in [0.15, 0.2) is 11.9 Å². The number of methoxy groups -OCH3 is 1. The van der Waals surface area contributed by atoms with Crippen LogP contribution in [-0.4, -0.2) is 13.1 Å². The number of hydrogen-bond donors (Lipinski definition) is 0. The molecule has 0 aliphatic carbocycles. The minimum absolute atomic E-state index is 0.308. The molecule has 70 valence electrons. The second kappa shape index (κ2) is 3.43. The number of rotatable bonds is 1. The average molecular weight is 181 g/mol. The van der Waals surface area contributed by atoms with Gasteiger partial charge in [-0.1, -0.05) is 0 Å². The maximum Gasteiger partial charge on any atom is 0.344 e. The fourth-order valence-corrected chi connectivity index (χ4v) is 1.10. The Bertz CT molecular complexity index is 347. The minimum atomic E-state index is -0.484. The van der Waals surface area contributed by atoms with Crippen LogP contribution in [0.2, 0.25) is 0 Å². The van der Waals surface area contributed by atoms with Crippen LogP contribution in [0.25, 0.3) is 0 Å². The van der Waals surface area contributed by atoms with Gasteiger partial charge in [0.2, 0.25) is 0 Å². The Hall–Kier alpha value is -1.58. The smallest absolute Gasteiger partial charge is 0.344 e. The van der Waals surface area contributed by atoms with Gasteiger partial charge in [0, 0.05) is 13.0 Å². The van der Waals surface area contributed by atoms with Crippen LogP contribution < -0.4 is 4.73 Å². The van der Waals surface area contributed by atoms with E-state index in [0.717, 1.165) is 5.56 Å². The zero-order valence-corrected chi connectivity index (χ0v) is 7.83. The van der Waals surface area contributed by atoms with E-state index in [2.05, 4.69) is 4.74 Å². The Morgan fingerprint density at radius 1 is 1.54 bits per heavy atom. The highest BCUT2D eigenvalue weighted by Gasteiger charge is 2.14. The predicted octanol–water partition coefficient (Wildman–Crippen LogP) is 0.723. The SMILES string of the molecule is COC(=O)c1c[n+]([O-])c(C)cc1C. The van der Waals surface area contributed by atoms with Gasteiger partial charge in [-0.05, 0) is 12.5 Å². The number of esters is 1. The molecule has 1 aromatic rings. The van der Waals surface area contributed by atoms with Crippen molar-refractivity contribution in [3.05, 3.63) is 34.3 Å². The zero-order chi connectivity index (χ0) is 10.0. The van der Waals surface area contributed by atoms with Gasteiger partial charge in [-0.15, -0.1) is 0 Å². The van der Waals surface area contributed by atoms with E-state index in [-0.39, 0.29) is 0 Å². The monoisotopic (exact) mass is 181 g/mol. The highest BCUT2D eigenvalue weighted by molar-refractivity contribution is 5.90. The molecule has 0 N–H and O–H groups in total. The molecule has 0 amide bonds. The van der Waals surface area contributed by atoms with Crippen molar-refractivity contribution in [1.82, 2.24) is 0 Å². The first kappa shape index (κ1) is 9.51. The van der Waals surface area contributed by atoms with Gasteiger partial charge in [-0.25, -0.2) is 4.79 Å². The van der Waals surface area contributed by atoms with Crippen molar-refractivity contribution in [3.8, 4) is 0 Å². The summed E-state index contributed by atoms with van der Waals surface area (Å²) in [4.78, 5) is 11.1. The van der Waals surface area contributed by atoms with Crippen molar-refractivity contribution in [3.63, 3.8) is 0 Å². The predicted molar refractivity (Wildman–Crippen MR) is 46.2 cm³/mol. The Kier molecular flexibility index (Phi) is 2.51. The van der Waals surface area contributed by atoms with Crippen LogP contribution >= 0.6 is 0 Å². The summed E-state index contributed by atoms with van der Waals surface area (Å²) in [6.45, 7) is 3.44. The van der Waals surface area contributed by atoms with E-state index in [1.807, 2.05) is 0 Å². The molecule has 0 spiro atoms.